The first-order chi connectivity index (χ1) is 9.97. The predicted molar refractivity (Wildman–Crippen MR) is 79.8 cm³/mol. The van der Waals surface area contributed by atoms with E-state index in [4.69, 9.17) is 17.3 Å². The molecule has 0 unspecified atom stereocenters. The Kier molecular flexibility index (Phi) is 3.37. The van der Waals surface area contributed by atoms with Gasteiger partial charge in [0.05, 0.1) is 0 Å². The number of nitrogens with two attached hydrogens (primary N) is 1. The van der Waals surface area contributed by atoms with Crippen molar-refractivity contribution in [3.63, 3.8) is 0 Å². The van der Waals surface area contributed by atoms with Crippen LogP contribution >= 0.6 is 11.6 Å². The van der Waals surface area contributed by atoms with Gasteiger partial charge in [0.1, 0.15) is 6.04 Å². The Morgan fingerprint density at radius 3 is 2.86 bits per heavy atom. The van der Waals surface area contributed by atoms with E-state index in [-0.39, 0.29) is 11.9 Å². The summed E-state index contributed by atoms with van der Waals surface area (Å²) in [4.78, 5) is 25.0. The average Bonchev–Trinajstić information content (AvgIpc) is 2.86. The first-order valence-corrected chi connectivity index (χ1v) is 7.16. The van der Waals surface area contributed by atoms with Gasteiger partial charge in [-0.25, -0.2) is 4.79 Å². The number of benzene rings is 1. The summed E-state index contributed by atoms with van der Waals surface area (Å²) in [5.74, 6) is -1.20. The molecule has 2 atom stereocenters. The van der Waals surface area contributed by atoms with Crippen molar-refractivity contribution in [2.75, 3.05) is 5.73 Å². The number of carboxylic acid groups (broad SMARTS) is 1. The maximum Gasteiger partial charge on any atom is 0.326 e. The Bertz CT molecular complexity index is 656. The van der Waals surface area contributed by atoms with Crippen LogP contribution in [0.15, 0.2) is 24.3 Å². The van der Waals surface area contributed by atoms with Crippen molar-refractivity contribution in [1.82, 2.24) is 4.90 Å². The number of aliphatic carboxylic acids is 1. The highest BCUT2D eigenvalue weighted by molar-refractivity contribution is 6.30. The maximum atomic E-state index is 12.3. The lowest BCUT2D eigenvalue weighted by Crippen LogP contribution is -2.46. The number of hydrogen-bond acceptors (Lipinski definition) is 3. The van der Waals surface area contributed by atoms with Gasteiger partial charge in [-0.2, -0.15) is 0 Å². The van der Waals surface area contributed by atoms with E-state index >= 15 is 0 Å². The van der Waals surface area contributed by atoms with Gasteiger partial charge in [-0.15, -0.1) is 0 Å². The van der Waals surface area contributed by atoms with Gasteiger partial charge in [-0.05, 0) is 43.0 Å². The number of halogens is 1. The van der Waals surface area contributed by atoms with Crippen LogP contribution < -0.4 is 5.73 Å². The van der Waals surface area contributed by atoms with Gasteiger partial charge in [0, 0.05) is 28.4 Å². The molecule has 2 aliphatic rings. The molecule has 6 heteroatoms. The van der Waals surface area contributed by atoms with Crippen LogP contribution in [0.25, 0.3) is 5.57 Å². The number of carbonyl (C=O) groups excluding carboxylic acids is 1. The van der Waals surface area contributed by atoms with Gasteiger partial charge in [0.15, 0.2) is 0 Å². The van der Waals surface area contributed by atoms with E-state index in [1.807, 2.05) is 0 Å². The zero-order valence-corrected chi connectivity index (χ0v) is 12.0. The van der Waals surface area contributed by atoms with Gasteiger partial charge in [-0.1, -0.05) is 11.6 Å². The molecule has 0 bridgehead atoms. The number of carboxylic acids is 1. The quantitative estimate of drug-likeness (QED) is 0.820. The number of anilines is 1. The van der Waals surface area contributed by atoms with Crippen LogP contribution in [0.3, 0.4) is 0 Å². The van der Waals surface area contributed by atoms with Crippen molar-refractivity contribution in [2.24, 2.45) is 0 Å². The molecule has 1 fully saturated rings. The van der Waals surface area contributed by atoms with E-state index in [0.29, 0.717) is 30.0 Å². The third-order valence-electron chi connectivity index (χ3n) is 4.16. The van der Waals surface area contributed by atoms with Crippen LogP contribution in [0, 0.1) is 0 Å². The third kappa shape index (κ3) is 2.38. The summed E-state index contributed by atoms with van der Waals surface area (Å²) >= 11 is 5.99. The Balaban J connectivity index is 1.96. The lowest BCUT2D eigenvalue weighted by molar-refractivity contribution is -0.147. The minimum Gasteiger partial charge on any atom is -0.480 e. The number of fused-ring (bicyclic) bond motifs is 1. The lowest BCUT2D eigenvalue weighted by Gasteiger charge is -2.32. The number of amides is 1. The summed E-state index contributed by atoms with van der Waals surface area (Å²) in [5, 5.41) is 9.74. The van der Waals surface area contributed by atoms with Gasteiger partial charge >= 0.3 is 5.97 Å². The van der Waals surface area contributed by atoms with Crippen molar-refractivity contribution < 1.29 is 14.7 Å². The fourth-order valence-corrected chi connectivity index (χ4v) is 3.36. The predicted octanol–water partition coefficient (Wildman–Crippen LogP) is 2.15. The summed E-state index contributed by atoms with van der Waals surface area (Å²) < 4.78 is 0. The van der Waals surface area contributed by atoms with Crippen molar-refractivity contribution in [3.8, 4) is 0 Å². The van der Waals surface area contributed by atoms with E-state index in [0.717, 1.165) is 11.1 Å². The SMILES string of the molecule is Nc1ccc(Cl)cc1C1=CC(=O)N2[C@H](CC[C@H]2C(=O)O)C1. The van der Waals surface area contributed by atoms with Crippen molar-refractivity contribution in [2.45, 2.75) is 31.3 Å². The molecule has 0 spiro atoms. The van der Waals surface area contributed by atoms with E-state index in [2.05, 4.69) is 0 Å². The molecule has 0 saturated carbocycles. The number of rotatable bonds is 2. The highest BCUT2D eigenvalue weighted by atomic mass is 35.5. The standard InChI is InChI=1S/C15H15ClN2O3/c16-9-1-3-12(17)11(7-9)8-5-10-2-4-13(15(20)21)18(10)14(19)6-8/h1,3,6-7,10,13H,2,4-5,17H2,(H,20,21)/t10-,13+/m1/s1. The summed E-state index contributed by atoms with van der Waals surface area (Å²) in [6.07, 6.45) is 3.29. The number of nitrogens with zero attached hydrogens (tertiary/aromatic N) is 1. The molecule has 3 N–H and O–H groups in total. The zero-order valence-electron chi connectivity index (χ0n) is 11.3. The lowest BCUT2D eigenvalue weighted by atomic mass is 9.93. The first kappa shape index (κ1) is 13.9. The second kappa shape index (κ2) is 5.07. The molecule has 2 heterocycles. The van der Waals surface area contributed by atoms with Crippen molar-refractivity contribution >= 4 is 34.7 Å². The van der Waals surface area contributed by atoms with Crippen LogP contribution in [0.1, 0.15) is 24.8 Å². The summed E-state index contributed by atoms with van der Waals surface area (Å²) in [6, 6.07) is 4.38. The number of nitrogen functional groups attached to an aromatic ring is 1. The Labute approximate surface area is 127 Å². The van der Waals surface area contributed by atoms with Crippen LogP contribution in [0.2, 0.25) is 5.02 Å². The van der Waals surface area contributed by atoms with Gasteiger partial charge in [0.25, 0.3) is 0 Å². The first-order valence-electron chi connectivity index (χ1n) is 6.78. The van der Waals surface area contributed by atoms with E-state index in [1.54, 1.807) is 18.2 Å². The van der Waals surface area contributed by atoms with E-state index < -0.39 is 12.0 Å². The van der Waals surface area contributed by atoms with Gasteiger partial charge < -0.3 is 15.7 Å². The molecule has 0 radical (unpaired) electrons. The fraction of sp³-hybridized carbons (Fsp3) is 0.333. The smallest absolute Gasteiger partial charge is 0.326 e. The van der Waals surface area contributed by atoms with Crippen molar-refractivity contribution in [3.05, 3.63) is 34.9 Å². The molecule has 1 saturated heterocycles. The zero-order chi connectivity index (χ0) is 15.1. The van der Waals surface area contributed by atoms with Gasteiger partial charge in [-0.3, -0.25) is 4.79 Å². The molecule has 21 heavy (non-hydrogen) atoms. The molecule has 1 aromatic rings. The van der Waals surface area contributed by atoms with Crippen molar-refractivity contribution in [1.29, 1.82) is 0 Å². The average molecular weight is 307 g/mol. The molecular weight excluding hydrogens is 292 g/mol. The van der Waals surface area contributed by atoms with E-state index in [9.17, 15) is 14.7 Å². The molecule has 0 aliphatic carbocycles. The molecule has 3 rings (SSSR count). The largest absolute Gasteiger partial charge is 0.480 e. The number of carbonyl (C=O) groups is 2. The minimum absolute atomic E-state index is 0.0722. The second-order valence-electron chi connectivity index (χ2n) is 5.44. The Hall–Kier alpha value is -2.01. The normalized spacial score (nSPS) is 24.7. The molecule has 110 valence electrons. The molecule has 1 amide bonds. The van der Waals surface area contributed by atoms with Crippen LogP contribution in [-0.2, 0) is 9.59 Å². The Morgan fingerprint density at radius 1 is 1.38 bits per heavy atom. The summed E-state index contributed by atoms with van der Waals surface area (Å²) in [7, 11) is 0. The highest BCUT2D eigenvalue weighted by Gasteiger charge is 2.42. The Morgan fingerprint density at radius 2 is 2.14 bits per heavy atom. The molecule has 2 aliphatic heterocycles. The molecule has 0 aromatic heterocycles. The monoisotopic (exact) mass is 306 g/mol. The van der Waals surface area contributed by atoms with E-state index in [1.165, 1.54) is 11.0 Å². The fourth-order valence-electron chi connectivity index (χ4n) is 3.19. The molecule has 5 nitrogen and oxygen atoms in total. The molecular formula is C15H15ClN2O3. The number of hydrogen-bond donors (Lipinski definition) is 2. The van der Waals surface area contributed by atoms with Crippen LogP contribution in [0.5, 0.6) is 0 Å². The summed E-state index contributed by atoms with van der Waals surface area (Å²) in [6.45, 7) is 0. The maximum absolute atomic E-state index is 12.3. The third-order valence-corrected chi connectivity index (χ3v) is 4.39. The van der Waals surface area contributed by atoms with Crippen LogP contribution in [-0.4, -0.2) is 34.0 Å². The highest BCUT2D eigenvalue weighted by Crippen LogP contribution is 2.38. The minimum atomic E-state index is -0.940. The van der Waals surface area contributed by atoms with Gasteiger partial charge in [0.2, 0.25) is 5.91 Å². The van der Waals surface area contributed by atoms with Crippen LogP contribution in [0.4, 0.5) is 5.69 Å². The molecule has 1 aromatic carbocycles. The topological polar surface area (TPSA) is 83.6 Å². The summed E-state index contributed by atoms with van der Waals surface area (Å²) in [5.41, 5.74) is 8.11. The second-order valence-corrected chi connectivity index (χ2v) is 5.87.